The van der Waals surface area contributed by atoms with Gasteiger partial charge in [0.1, 0.15) is 17.9 Å². The monoisotopic (exact) mass is 447 g/mol. The molecule has 2 aromatic rings. The minimum absolute atomic E-state index is 0.142. The van der Waals surface area contributed by atoms with Crippen LogP contribution >= 0.6 is 0 Å². The van der Waals surface area contributed by atoms with E-state index in [9.17, 15) is 9.59 Å². The standard InChI is InChI=1S/C22H23N5O4.C2H2/c1-3-19(9-10-23)31-22(29)25-14-15-5-4-6-17(11-15)26-21(28)27-18-8-7-16(13-24)20(12-18)30-2;1-2/h4-8,11-12,19H,3,9,14H2,1-2H3,(H,25,29)(H2,26,27,28);1-2H/t19-;/m1./s1. The Kier molecular flexibility index (Phi) is 11.5. The molecule has 0 radical (unpaired) electrons. The van der Waals surface area contributed by atoms with Crippen LogP contribution in [0.3, 0.4) is 0 Å². The van der Waals surface area contributed by atoms with E-state index in [0.29, 0.717) is 29.1 Å². The molecular weight excluding hydrogens is 422 g/mol. The van der Waals surface area contributed by atoms with Gasteiger partial charge in [0.15, 0.2) is 0 Å². The van der Waals surface area contributed by atoms with Gasteiger partial charge < -0.3 is 25.4 Å². The molecule has 0 aliphatic carbocycles. The summed E-state index contributed by atoms with van der Waals surface area (Å²) >= 11 is 0. The lowest BCUT2D eigenvalue weighted by Gasteiger charge is -2.14. The average molecular weight is 447 g/mol. The number of terminal acetylenes is 1. The number of nitrogens with one attached hydrogen (secondary N) is 3. The molecule has 2 aromatic carbocycles. The van der Waals surface area contributed by atoms with Gasteiger partial charge in [0.25, 0.3) is 0 Å². The zero-order chi connectivity index (χ0) is 24.6. The molecule has 0 spiro atoms. The summed E-state index contributed by atoms with van der Waals surface area (Å²) in [7, 11) is 1.45. The molecule has 0 aliphatic rings. The van der Waals surface area contributed by atoms with Crippen LogP contribution in [0.2, 0.25) is 0 Å². The molecule has 170 valence electrons. The molecule has 0 saturated heterocycles. The van der Waals surface area contributed by atoms with Crippen LogP contribution in [0, 0.1) is 35.5 Å². The molecule has 2 rings (SSSR count). The van der Waals surface area contributed by atoms with Crippen LogP contribution in [0.15, 0.2) is 42.5 Å². The van der Waals surface area contributed by atoms with E-state index in [1.807, 2.05) is 19.1 Å². The SMILES string of the molecule is C#C.CC[C@H](CC#N)OC(=O)NCc1cccc(NC(=O)Nc2ccc(C#N)c(OC)c2)c1. The van der Waals surface area contributed by atoms with Crippen molar-refractivity contribution in [3.05, 3.63) is 53.6 Å². The molecule has 0 saturated carbocycles. The van der Waals surface area contributed by atoms with E-state index >= 15 is 0 Å². The number of nitriles is 2. The van der Waals surface area contributed by atoms with Crippen molar-refractivity contribution in [2.45, 2.75) is 32.4 Å². The Morgan fingerprint density at radius 1 is 1.09 bits per heavy atom. The van der Waals surface area contributed by atoms with Crippen LogP contribution in [0.1, 0.15) is 30.9 Å². The Morgan fingerprint density at radius 3 is 2.39 bits per heavy atom. The third kappa shape index (κ3) is 8.92. The predicted octanol–water partition coefficient (Wildman–Crippen LogP) is 4.38. The first-order chi connectivity index (χ1) is 16.0. The highest BCUT2D eigenvalue weighted by molar-refractivity contribution is 6.00. The van der Waals surface area contributed by atoms with Crippen LogP contribution in [-0.2, 0) is 11.3 Å². The minimum Gasteiger partial charge on any atom is -0.495 e. The number of carbonyl (C=O) groups excluding carboxylic acids is 2. The van der Waals surface area contributed by atoms with Crippen LogP contribution in [0.5, 0.6) is 5.75 Å². The molecule has 0 heterocycles. The van der Waals surface area contributed by atoms with Gasteiger partial charge in [-0.25, -0.2) is 9.59 Å². The van der Waals surface area contributed by atoms with E-state index in [2.05, 4.69) is 28.8 Å². The summed E-state index contributed by atoms with van der Waals surface area (Å²) in [5, 5.41) is 25.7. The Balaban J connectivity index is 0.00000265. The first-order valence-corrected chi connectivity index (χ1v) is 9.88. The third-order valence-corrected chi connectivity index (χ3v) is 4.25. The summed E-state index contributed by atoms with van der Waals surface area (Å²) in [4.78, 5) is 24.2. The quantitative estimate of drug-likeness (QED) is 0.514. The number of rotatable bonds is 8. The van der Waals surface area contributed by atoms with Gasteiger partial charge in [0.2, 0.25) is 0 Å². The second-order valence-electron chi connectivity index (χ2n) is 6.46. The number of carbonyl (C=O) groups is 2. The number of hydrogen-bond donors (Lipinski definition) is 3. The lowest BCUT2D eigenvalue weighted by atomic mass is 10.2. The number of nitrogens with zero attached hydrogens (tertiary/aromatic N) is 2. The molecule has 9 heteroatoms. The fourth-order valence-electron chi connectivity index (χ4n) is 2.65. The lowest BCUT2D eigenvalue weighted by molar-refractivity contribution is 0.0971. The highest BCUT2D eigenvalue weighted by Crippen LogP contribution is 2.22. The van der Waals surface area contributed by atoms with Gasteiger partial charge in [-0.1, -0.05) is 19.1 Å². The summed E-state index contributed by atoms with van der Waals surface area (Å²) in [6.07, 6.45) is 7.65. The number of alkyl carbamates (subject to hydrolysis) is 1. The van der Waals surface area contributed by atoms with Crippen LogP contribution in [0.25, 0.3) is 0 Å². The molecule has 1 atom stereocenters. The third-order valence-electron chi connectivity index (χ3n) is 4.25. The van der Waals surface area contributed by atoms with Crippen molar-refractivity contribution in [1.82, 2.24) is 5.32 Å². The number of amides is 3. The normalized spacial score (nSPS) is 10.1. The van der Waals surface area contributed by atoms with Crippen molar-refractivity contribution in [2.24, 2.45) is 0 Å². The first kappa shape index (κ1) is 26.4. The maximum absolute atomic E-state index is 12.3. The summed E-state index contributed by atoms with van der Waals surface area (Å²) in [5.74, 6) is 0.361. The molecule has 33 heavy (non-hydrogen) atoms. The summed E-state index contributed by atoms with van der Waals surface area (Å²) in [6, 6.07) is 15.2. The highest BCUT2D eigenvalue weighted by atomic mass is 16.6. The maximum Gasteiger partial charge on any atom is 0.407 e. The van der Waals surface area contributed by atoms with Gasteiger partial charge >= 0.3 is 12.1 Å². The first-order valence-electron chi connectivity index (χ1n) is 9.88. The fraction of sp³-hybridized carbons (Fsp3) is 0.250. The topological polar surface area (TPSA) is 136 Å². The van der Waals surface area contributed by atoms with E-state index in [4.69, 9.17) is 20.0 Å². The average Bonchev–Trinajstić information content (AvgIpc) is 2.83. The Bertz CT molecular complexity index is 1050. The molecule has 0 fully saturated rings. The van der Waals surface area contributed by atoms with Gasteiger partial charge in [0, 0.05) is 24.0 Å². The molecule has 9 nitrogen and oxygen atoms in total. The van der Waals surface area contributed by atoms with Gasteiger partial charge in [-0.3, -0.25) is 0 Å². The molecule has 0 bridgehead atoms. The maximum atomic E-state index is 12.3. The van der Waals surface area contributed by atoms with Gasteiger partial charge in [-0.05, 0) is 36.2 Å². The predicted molar refractivity (Wildman–Crippen MR) is 124 cm³/mol. The fourth-order valence-corrected chi connectivity index (χ4v) is 2.65. The van der Waals surface area contributed by atoms with Crippen molar-refractivity contribution in [2.75, 3.05) is 17.7 Å². The smallest absolute Gasteiger partial charge is 0.407 e. The van der Waals surface area contributed by atoms with Crippen LogP contribution in [0.4, 0.5) is 21.0 Å². The molecule has 3 N–H and O–H groups in total. The summed E-state index contributed by atoms with van der Waals surface area (Å²) in [6.45, 7) is 2.04. The molecule has 0 aromatic heterocycles. The molecule has 0 unspecified atom stereocenters. The second-order valence-corrected chi connectivity index (χ2v) is 6.46. The molecule has 0 aliphatic heterocycles. The van der Waals surface area contributed by atoms with Crippen LogP contribution < -0.4 is 20.7 Å². The van der Waals surface area contributed by atoms with Crippen LogP contribution in [-0.4, -0.2) is 25.3 Å². The van der Waals surface area contributed by atoms with E-state index in [-0.39, 0.29) is 13.0 Å². The van der Waals surface area contributed by atoms with Gasteiger partial charge in [-0.2, -0.15) is 10.5 Å². The number of anilines is 2. The number of hydrogen-bond acceptors (Lipinski definition) is 6. The van der Waals surface area contributed by atoms with Crippen molar-refractivity contribution in [3.8, 4) is 30.7 Å². The molecular formula is C24H25N5O4. The number of benzene rings is 2. The Labute approximate surface area is 193 Å². The van der Waals surface area contributed by atoms with Crippen molar-refractivity contribution < 1.29 is 19.1 Å². The lowest BCUT2D eigenvalue weighted by Crippen LogP contribution is -2.28. The number of urea groups is 1. The van der Waals surface area contributed by atoms with E-state index in [1.54, 1.807) is 42.5 Å². The van der Waals surface area contributed by atoms with Gasteiger partial charge in [0.05, 0.1) is 25.2 Å². The van der Waals surface area contributed by atoms with Crippen molar-refractivity contribution >= 4 is 23.5 Å². The summed E-state index contributed by atoms with van der Waals surface area (Å²) in [5.41, 5.74) is 2.12. The zero-order valence-corrected chi connectivity index (χ0v) is 18.4. The van der Waals surface area contributed by atoms with Gasteiger partial charge in [-0.15, -0.1) is 12.8 Å². The zero-order valence-electron chi connectivity index (χ0n) is 18.4. The number of ether oxygens (including phenoxy) is 2. The largest absolute Gasteiger partial charge is 0.495 e. The minimum atomic E-state index is -0.604. The van der Waals surface area contributed by atoms with E-state index in [1.165, 1.54) is 7.11 Å². The van der Waals surface area contributed by atoms with Crippen molar-refractivity contribution in [1.29, 1.82) is 10.5 Å². The van der Waals surface area contributed by atoms with E-state index < -0.39 is 18.2 Å². The Hall–Kier alpha value is -4.68. The molecule has 3 amide bonds. The van der Waals surface area contributed by atoms with Crippen molar-refractivity contribution in [3.63, 3.8) is 0 Å². The van der Waals surface area contributed by atoms with E-state index in [0.717, 1.165) is 5.56 Å². The second kappa shape index (κ2) is 14.3. The number of methoxy groups -OCH3 is 1. The Morgan fingerprint density at radius 2 is 1.79 bits per heavy atom. The highest BCUT2D eigenvalue weighted by Gasteiger charge is 2.12. The summed E-state index contributed by atoms with van der Waals surface area (Å²) < 4.78 is 10.3.